The Labute approximate surface area is 179 Å². The fourth-order valence-electron chi connectivity index (χ4n) is 4.79. The summed E-state index contributed by atoms with van der Waals surface area (Å²) in [6, 6.07) is 1.54. The first-order valence-electron chi connectivity index (χ1n) is 11.5. The smallest absolute Gasteiger partial charge is 0.0996 e. The second-order valence-electron chi connectivity index (χ2n) is 9.91. The second kappa shape index (κ2) is 12.1. The van der Waals surface area contributed by atoms with Crippen LogP contribution < -0.4 is 0 Å². The first-order valence-corrected chi connectivity index (χ1v) is 12.8. The van der Waals surface area contributed by atoms with Gasteiger partial charge in [-0.15, -0.1) is 11.8 Å². The highest BCUT2D eigenvalue weighted by Crippen LogP contribution is 2.29. The summed E-state index contributed by atoms with van der Waals surface area (Å²) in [4.78, 5) is 5.39. The zero-order valence-corrected chi connectivity index (χ0v) is 20.2. The Hall–Kier alpha value is 0.190. The number of ether oxygens (including phenoxy) is 2. The Morgan fingerprint density at radius 3 is 2.54 bits per heavy atom. The lowest BCUT2D eigenvalue weighted by atomic mass is 10.0. The van der Waals surface area contributed by atoms with Crippen molar-refractivity contribution < 1.29 is 9.47 Å². The molecule has 2 aliphatic heterocycles. The number of hydrogen-bond donors (Lipinski definition) is 0. The van der Waals surface area contributed by atoms with Crippen LogP contribution in [0.3, 0.4) is 0 Å². The van der Waals surface area contributed by atoms with Crippen LogP contribution in [0.25, 0.3) is 0 Å². The lowest BCUT2D eigenvalue weighted by Crippen LogP contribution is -2.35. The van der Waals surface area contributed by atoms with Gasteiger partial charge in [0.15, 0.2) is 0 Å². The maximum Gasteiger partial charge on any atom is 0.0996 e. The average Bonchev–Trinajstić information content (AvgIpc) is 3.21. The van der Waals surface area contributed by atoms with E-state index in [2.05, 4.69) is 50.8 Å². The molecular weight excluding hydrogens is 368 g/mol. The Morgan fingerprint density at radius 1 is 1.11 bits per heavy atom. The van der Waals surface area contributed by atoms with Crippen LogP contribution in [0.4, 0.5) is 0 Å². The molecule has 28 heavy (non-hydrogen) atoms. The fourth-order valence-corrected chi connectivity index (χ4v) is 5.03. The van der Waals surface area contributed by atoms with Crippen molar-refractivity contribution in [2.45, 2.75) is 95.8 Å². The van der Waals surface area contributed by atoms with Crippen molar-refractivity contribution in [3.05, 3.63) is 0 Å². The summed E-state index contributed by atoms with van der Waals surface area (Å²) in [6.45, 7) is 14.3. The van der Waals surface area contributed by atoms with E-state index in [1.807, 2.05) is 0 Å². The molecule has 0 N–H and O–H groups in total. The van der Waals surface area contributed by atoms with Gasteiger partial charge in [0.2, 0.25) is 0 Å². The highest BCUT2D eigenvalue weighted by molar-refractivity contribution is 7.99. The van der Waals surface area contributed by atoms with E-state index in [0.717, 1.165) is 31.2 Å². The predicted molar refractivity (Wildman–Crippen MR) is 122 cm³/mol. The standard InChI is InChI=1S/C23H46N2O2S/c1-19(28-6)26-14-8-11-21-10-7-13-25(21)18-20-16-22(24(5)17-20)12-9-15-27-23(2,3)4/h19-22H,7-18H2,1-6H3/t19?,20?,21-,22-/m1/s1. The number of thioether (sulfide) groups is 1. The highest BCUT2D eigenvalue weighted by atomic mass is 32.2. The topological polar surface area (TPSA) is 24.9 Å². The van der Waals surface area contributed by atoms with Gasteiger partial charge in [-0.2, -0.15) is 0 Å². The minimum atomic E-state index is -0.00661. The van der Waals surface area contributed by atoms with Gasteiger partial charge in [-0.3, -0.25) is 0 Å². The molecule has 0 radical (unpaired) electrons. The molecule has 2 unspecified atom stereocenters. The Balaban J connectivity index is 1.65. The summed E-state index contributed by atoms with van der Waals surface area (Å²) in [5.74, 6) is 0.840. The largest absolute Gasteiger partial charge is 0.376 e. The molecule has 0 spiro atoms. The lowest BCUT2D eigenvalue weighted by Gasteiger charge is -2.27. The lowest BCUT2D eigenvalue weighted by molar-refractivity contribution is -0.00618. The van der Waals surface area contributed by atoms with Crippen LogP contribution >= 0.6 is 11.8 Å². The molecule has 2 fully saturated rings. The molecule has 0 amide bonds. The van der Waals surface area contributed by atoms with Gasteiger partial charge >= 0.3 is 0 Å². The van der Waals surface area contributed by atoms with Crippen LogP contribution in [0.5, 0.6) is 0 Å². The molecule has 2 aliphatic rings. The summed E-state index contributed by atoms with van der Waals surface area (Å²) in [7, 11) is 2.32. The second-order valence-corrected chi connectivity index (χ2v) is 11.0. The maximum absolute atomic E-state index is 5.90. The summed E-state index contributed by atoms with van der Waals surface area (Å²) >= 11 is 1.79. The van der Waals surface area contributed by atoms with Crippen LogP contribution in [-0.4, -0.2) is 79.1 Å². The first kappa shape index (κ1) is 24.5. The highest BCUT2D eigenvalue weighted by Gasteiger charge is 2.33. The summed E-state index contributed by atoms with van der Waals surface area (Å²) in [6.07, 6.45) is 11.2. The van der Waals surface area contributed by atoms with E-state index in [1.54, 1.807) is 11.8 Å². The van der Waals surface area contributed by atoms with E-state index in [4.69, 9.17) is 9.47 Å². The quantitative estimate of drug-likeness (QED) is 0.335. The molecule has 2 heterocycles. The molecule has 0 bridgehead atoms. The summed E-state index contributed by atoms with van der Waals surface area (Å²) in [5.41, 5.74) is 0.326. The van der Waals surface area contributed by atoms with Crippen LogP contribution in [0.15, 0.2) is 0 Å². The number of hydrogen-bond acceptors (Lipinski definition) is 5. The van der Waals surface area contributed by atoms with Crippen molar-refractivity contribution in [2.75, 3.05) is 46.2 Å². The molecule has 4 nitrogen and oxygen atoms in total. The summed E-state index contributed by atoms with van der Waals surface area (Å²) < 4.78 is 11.7. The zero-order valence-electron chi connectivity index (χ0n) is 19.4. The average molecular weight is 415 g/mol. The molecule has 2 saturated heterocycles. The first-order chi connectivity index (χ1) is 13.3. The number of rotatable bonds is 12. The van der Waals surface area contributed by atoms with Crippen LogP contribution in [0, 0.1) is 5.92 Å². The molecule has 0 aromatic rings. The molecule has 0 aliphatic carbocycles. The van der Waals surface area contributed by atoms with Gasteiger partial charge in [-0.05, 0) is 98.4 Å². The van der Waals surface area contributed by atoms with Crippen molar-refractivity contribution >= 4 is 11.8 Å². The van der Waals surface area contributed by atoms with Crippen LogP contribution in [0.2, 0.25) is 0 Å². The minimum Gasteiger partial charge on any atom is -0.376 e. The van der Waals surface area contributed by atoms with E-state index in [0.29, 0.717) is 5.44 Å². The van der Waals surface area contributed by atoms with E-state index in [-0.39, 0.29) is 5.60 Å². The molecule has 0 aromatic carbocycles. The van der Waals surface area contributed by atoms with Gasteiger partial charge in [0.05, 0.1) is 11.0 Å². The Kier molecular flexibility index (Phi) is 10.6. The molecule has 5 heteroatoms. The number of likely N-dealkylation sites (tertiary alicyclic amines) is 2. The minimum absolute atomic E-state index is 0.00661. The van der Waals surface area contributed by atoms with Gasteiger partial charge < -0.3 is 19.3 Å². The zero-order chi connectivity index (χ0) is 20.6. The van der Waals surface area contributed by atoms with Gasteiger partial charge in [-0.1, -0.05) is 0 Å². The van der Waals surface area contributed by atoms with Gasteiger partial charge in [0.25, 0.3) is 0 Å². The molecule has 0 aromatic heterocycles. The van der Waals surface area contributed by atoms with Gasteiger partial charge in [-0.25, -0.2) is 0 Å². The van der Waals surface area contributed by atoms with Gasteiger partial charge in [0.1, 0.15) is 0 Å². The van der Waals surface area contributed by atoms with E-state index in [9.17, 15) is 0 Å². The molecular formula is C23H46N2O2S. The van der Waals surface area contributed by atoms with Crippen molar-refractivity contribution in [1.29, 1.82) is 0 Å². The van der Waals surface area contributed by atoms with E-state index < -0.39 is 0 Å². The van der Waals surface area contributed by atoms with E-state index in [1.165, 1.54) is 64.6 Å². The van der Waals surface area contributed by atoms with Crippen molar-refractivity contribution in [3.8, 4) is 0 Å². The maximum atomic E-state index is 5.90. The van der Waals surface area contributed by atoms with Crippen molar-refractivity contribution in [1.82, 2.24) is 9.80 Å². The molecule has 2 rings (SSSR count). The third kappa shape index (κ3) is 8.91. The molecule has 0 saturated carbocycles. The van der Waals surface area contributed by atoms with Crippen molar-refractivity contribution in [3.63, 3.8) is 0 Å². The van der Waals surface area contributed by atoms with E-state index >= 15 is 0 Å². The van der Waals surface area contributed by atoms with Crippen LogP contribution in [0.1, 0.15) is 72.6 Å². The Morgan fingerprint density at radius 2 is 1.82 bits per heavy atom. The Bertz CT molecular complexity index is 429. The monoisotopic (exact) mass is 414 g/mol. The van der Waals surface area contributed by atoms with Crippen LogP contribution in [-0.2, 0) is 9.47 Å². The SMILES string of the molecule is CSC(C)OCCC[C@H]1CCCN1CC1C[C@@H](CCCOC(C)(C)C)N(C)C1. The number of nitrogens with zero attached hydrogens (tertiary/aromatic N) is 2. The molecule has 4 atom stereocenters. The summed E-state index contributed by atoms with van der Waals surface area (Å²) in [5, 5.41) is 0. The third-order valence-corrected chi connectivity index (χ3v) is 7.15. The normalized spacial score (nSPS) is 28.3. The molecule has 166 valence electrons. The predicted octanol–water partition coefficient (Wildman–Crippen LogP) is 4.87. The van der Waals surface area contributed by atoms with Crippen molar-refractivity contribution in [2.24, 2.45) is 5.92 Å². The van der Waals surface area contributed by atoms with Gasteiger partial charge in [0, 0.05) is 38.4 Å². The fraction of sp³-hybridized carbons (Fsp3) is 1.00. The third-order valence-electron chi connectivity index (χ3n) is 6.35.